The molecule has 23 heavy (non-hydrogen) atoms. The van der Waals surface area contributed by atoms with Crippen molar-refractivity contribution in [1.29, 1.82) is 0 Å². The summed E-state index contributed by atoms with van der Waals surface area (Å²) in [5.74, 6) is -0.131. The first kappa shape index (κ1) is 15.3. The lowest BCUT2D eigenvalue weighted by atomic mass is 9.97. The van der Waals surface area contributed by atoms with Gasteiger partial charge in [-0.15, -0.1) is 0 Å². The van der Waals surface area contributed by atoms with Crippen molar-refractivity contribution in [3.05, 3.63) is 70.4 Å². The fourth-order valence-electron chi connectivity index (χ4n) is 2.92. The quantitative estimate of drug-likeness (QED) is 0.677. The first-order chi connectivity index (χ1) is 11.1. The van der Waals surface area contributed by atoms with Crippen LogP contribution in [0.2, 0.25) is 0 Å². The van der Waals surface area contributed by atoms with Gasteiger partial charge in [0.1, 0.15) is 5.75 Å². The monoisotopic (exact) mass is 311 g/mol. The molecule has 0 spiro atoms. The normalized spacial score (nSPS) is 11.2. The highest BCUT2D eigenvalue weighted by atomic mass is 19.1. The van der Waals surface area contributed by atoms with Crippen LogP contribution in [-0.2, 0) is 0 Å². The number of ether oxygens (including phenoxy) is 1. The minimum Gasteiger partial charge on any atom is -0.495 e. The first-order valence-electron chi connectivity index (χ1n) is 7.52. The molecule has 0 amide bonds. The Balaban J connectivity index is 2.49. The minimum absolute atomic E-state index is 0.0542. The van der Waals surface area contributed by atoms with Crippen molar-refractivity contribution in [2.45, 2.75) is 19.8 Å². The van der Waals surface area contributed by atoms with Crippen molar-refractivity contribution in [3.63, 3.8) is 0 Å². The number of hydrogen-bond acceptors (Lipinski definition) is 2. The number of nitrogens with zero attached hydrogens (tertiary/aromatic N) is 1. The molecular formula is C19H18FNO2. The Morgan fingerprint density at radius 3 is 2.26 bits per heavy atom. The lowest BCUT2D eigenvalue weighted by Gasteiger charge is -2.18. The molecule has 0 unspecified atom stereocenters. The van der Waals surface area contributed by atoms with Crippen LogP contribution in [0.1, 0.15) is 25.3 Å². The van der Waals surface area contributed by atoms with Crippen LogP contribution >= 0.6 is 0 Å². The Morgan fingerprint density at radius 1 is 1.00 bits per heavy atom. The van der Waals surface area contributed by atoms with Crippen molar-refractivity contribution < 1.29 is 9.13 Å². The van der Waals surface area contributed by atoms with E-state index in [2.05, 4.69) is 0 Å². The van der Waals surface area contributed by atoms with Gasteiger partial charge in [0.25, 0.3) is 5.56 Å². The summed E-state index contributed by atoms with van der Waals surface area (Å²) < 4.78 is 21.6. The average Bonchev–Trinajstić information content (AvgIpc) is 2.55. The topological polar surface area (TPSA) is 31.2 Å². The molecule has 0 aliphatic rings. The molecule has 3 aromatic rings. The largest absolute Gasteiger partial charge is 0.495 e. The van der Waals surface area contributed by atoms with Gasteiger partial charge in [-0.1, -0.05) is 44.2 Å². The van der Waals surface area contributed by atoms with Gasteiger partial charge < -0.3 is 4.74 Å². The van der Waals surface area contributed by atoms with E-state index in [1.807, 2.05) is 19.9 Å². The maximum Gasteiger partial charge on any atom is 0.265 e. The fourth-order valence-corrected chi connectivity index (χ4v) is 2.92. The molecule has 0 aliphatic heterocycles. The van der Waals surface area contributed by atoms with E-state index in [4.69, 9.17) is 4.74 Å². The standard InChI is InChI=1S/C19H18FNO2/c1-12(2)17-13-8-4-5-9-14(13)19(22)21(18(17)20)15-10-6-7-11-16(15)23-3/h4-12H,1-3H3. The van der Waals surface area contributed by atoms with Gasteiger partial charge in [0.15, 0.2) is 0 Å². The van der Waals surface area contributed by atoms with Gasteiger partial charge in [0.05, 0.1) is 12.8 Å². The summed E-state index contributed by atoms with van der Waals surface area (Å²) >= 11 is 0. The highest BCUT2D eigenvalue weighted by Gasteiger charge is 2.21. The third kappa shape index (κ3) is 2.40. The van der Waals surface area contributed by atoms with E-state index >= 15 is 4.39 Å². The first-order valence-corrected chi connectivity index (χ1v) is 7.52. The van der Waals surface area contributed by atoms with Gasteiger partial charge in [-0.3, -0.25) is 4.79 Å². The zero-order valence-corrected chi connectivity index (χ0v) is 13.3. The van der Waals surface area contributed by atoms with Gasteiger partial charge in [-0.25, -0.2) is 4.57 Å². The Morgan fingerprint density at radius 2 is 1.61 bits per heavy atom. The number of fused-ring (bicyclic) bond motifs is 1. The Hall–Kier alpha value is -2.62. The molecule has 0 aliphatic carbocycles. The van der Waals surface area contributed by atoms with Crippen molar-refractivity contribution in [2.24, 2.45) is 0 Å². The van der Waals surface area contributed by atoms with E-state index in [-0.39, 0.29) is 11.5 Å². The molecule has 118 valence electrons. The number of halogens is 1. The van der Waals surface area contributed by atoms with E-state index in [0.717, 1.165) is 4.57 Å². The molecule has 0 bridgehead atoms. The smallest absolute Gasteiger partial charge is 0.265 e. The molecule has 0 radical (unpaired) electrons. The predicted molar refractivity (Wildman–Crippen MR) is 90.1 cm³/mol. The molecule has 0 fully saturated rings. The second kappa shape index (κ2) is 5.88. The third-order valence-corrected chi connectivity index (χ3v) is 3.97. The van der Waals surface area contributed by atoms with Gasteiger partial charge in [-0.2, -0.15) is 4.39 Å². The number of methoxy groups -OCH3 is 1. The van der Waals surface area contributed by atoms with Gasteiger partial charge in [0, 0.05) is 10.9 Å². The number of hydrogen-bond donors (Lipinski definition) is 0. The predicted octanol–water partition coefficient (Wildman–Crippen LogP) is 4.26. The van der Waals surface area contributed by atoms with Crippen LogP contribution in [0.5, 0.6) is 5.75 Å². The summed E-state index contributed by atoms with van der Waals surface area (Å²) in [5.41, 5.74) is 0.559. The summed E-state index contributed by atoms with van der Waals surface area (Å²) in [5, 5.41) is 1.17. The molecule has 2 aromatic carbocycles. The zero-order chi connectivity index (χ0) is 16.6. The third-order valence-electron chi connectivity index (χ3n) is 3.97. The molecule has 0 saturated carbocycles. The van der Waals surface area contributed by atoms with Crippen LogP contribution in [0.4, 0.5) is 4.39 Å². The molecule has 0 atom stereocenters. The SMILES string of the molecule is COc1ccccc1-n1c(F)c(C(C)C)c2ccccc2c1=O. The number of pyridine rings is 1. The van der Waals surface area contributed by atoms with Crippen LogP contribution in [0.15, 0.2) is 53.3 Å². The molecule has 3 rings (SSSR count). The van der Waals surface area contributed by atoms with E-state index < -0.39 is 5.95 Å². The molecule has 3 nitrogen and oxygen atoms in total. The molecule has 0 N–H and O–H groups in total. The number of benzene rings is 2. The summed E-state index contributed by atoms with van der Waals surface area (Å²) in [6, 6.07) is 14.1. The van der Waals surface area contributed by atoms with Gasteiger partial charge in [0.2, 0.25) is 5.95 Å². The zero-order valence-electron chi connectivity index (χ0n) is 13.3. The molecule has 1 aromatic heterocycles. The second-order valence-electron chi connectivity index (χ2n) is 5.72. The van der Waals surface area contributed by atoms with Crippen LogP contribution in [-0.4, -0.2) is 11.7 Å². The fraction of sp³-hybridized carbons (Fsp3) is 0.211. The summed E-state index contributed by atoms with van der Waals surface area (Å²) in [7, 11) is 1.51. The van der Waals surface area contributed by atoms with Gasteiger partial charge in [-0.05, 0) is 29.5 Å². The highest BCUT2D eigenvalue weighted by Crippen LogP contribution is 2.29. The highest BCUT2D eigenvalue weighted by molar-refractivity contribution is 5.85. The maximum absolute atomic E-state index is 15.2. The number of para-hydroxylation sites is 2. The molecule has 4 heteroatoms. The van der Waals surface area contributed by atoms with Crippen LogP contribution < -0.4 is 10.3 Å². The summed E-state index contributed by atoms with van der Waals surface area (Å²) in [6.45, 7) is 3.84. The lowest BCUT2D eigenvalue weighted by Crippen LogP contribution is -2.24. The lowest BCUT2D eigenvalue weighted by molar-refractivity contribution is 0.409. The van der Waals surface area contributed by atoms with Crippen molar-refractivity contribution in [3.8, 4) is 11.4 Å². The second-order valence-corrected chi connectivity index (χ2v) is 5.72. The van der Waals surface area contributed by atoms with E-state index in [0.29, 0.717) is 27.8 Å². The van der Waals surface area contributed by atoms with E-state index in [9.17, 15) is 4.79 Å². The van der Waals surface area contributed by atoms with Crippen molar-refractivity contribution >= 4 is 10.8 Å². The Kier molecular flexibility index (Phi) is 3.90. The summed E-state index contributed by atoms with van der Waals surface area (Å²) in [4.78, 5) is 12.9. The summed E-state index contributed by atoms with van der Waals surface area (Å²) in [6.07, 6.45) is 0. The molecule has 0 saturated heterocycles. The van der Waals surface area contributed by atoms with Crippen LogP contribution in [0.3, 0.4) is 0 Å². The minimum atomic E-state index is -0.534. The van der Waals surface area contributed by atoms with Gasteiger partial charge >= 0.3 is 0 Å². The van der Waals surface area contributed by atoms with Crippen molar-refractivity contribution in [2.75, 3.05) is 7.11 Å². The van der Waals surface area contributed by atoms with Crippen LogP contribution in [0, 0.1) is 5.95 Å². The molecular weight excluding hydrogens is 293 g/mol. The van der Waals surface area contributed by atoms with E-state index in [1.54, 1.807) is 42.5 Å². The Bertz CT molecular complexity index is 928. The molecule has 1 heterocycles. The maximum atomic E-state index is 15.2. The van der Waals surface area contributed by atoms with Crippen molar-refractivity contribution in [1.82, 2.24) is 4.57 Å². The Labute approximate surface area is 134 Å². The van der Waals surface area contributed by atoms with E-state index in [1.165, 1.54) is 7.11 Å². The van der Waals surface area contributed by atoms with Crippen LogP contribution in [0.25, 0.3) is 16.5 Å². The average molecular weight is 311 g/mol. The number of aromatic nitrogens is 1. The number of rotatable bonds is 3.